The van der Waals surface area contributed by atoms with E-state index in [2.05, 4.69) is 15.5 Å². The van der Waals surface area contributed by atoms with Crippen molar-refractivity contribution in [2.75, 3.05) is 50.6 Å². The molecule has 0 atom stereocenters. The maximum atomic E-state index is 10.7. The van der Waals surface area contributed by atoms with Gasteiger partial charge < -0.3 is 29.8 Å². The zero-order chi connectivity index (χ0) is 21.4. The van der Waals surface area contributed by atoms with Crippen molar-refractivity contribution in [3.63, 3.8) is 0 Å². The van der Waals surface area contributed by atoms with E-state index in [0.717, 1.165) is 23.2 Å². The third-order valence-electron chi connectivity index (χ3n) is 4.50. The van der Waals surface area contributed by atoms with Gasteiger partial charge in [-0.1, -0.05) is 17.3 Å². The van der Waals surface area contributed by atoms with Crippen LogP contribution in [0, 0.1) is 5.41 Å². The number of piperazine rings is 1. The number of carbonyl (C=O) groups is 1. The zero-order valence-electron chi connectivity index (χ0n) is 17.7. The van der Waals surface area contributed by atoms with Crippen LogP contribution in [0.2, 0.25) is 0 Å². The highest BCUT2D eigenvalue weighted by atomic mass is 16.5. The van der Waals surface area contributed by atoms with Crippen molar-refractivity contribution in [2.24, 2.45) is 0 Å². The van der Waals surface area contributed by atoms with Gasteiger partial charge in [0.15, 0.2) is 0 Å². The second kappa shape index (κ2) is 10.0. The van der Waals surface area contributed by atoms with Gasteiger partial charge in [-0.3, -0.25) is 4.79 Å². The molecule has 1 aliphatic rings. The molecule has 1 aromatic carbocycles. The summed E-state index contributed by atoms with van der Waals surface area (Å²) in [5.74, 6) is 0.505. The first-order valence-corrected chi connectivity index (χ1v) is 9.47. The highest BCUT2D eigenvalue weighted by Crippen LogP contribution is 2.25. The van der Waals surface area contributed by atoms with E-state index in [4.69, 9.17) is 14.7 Å². The van der Waals surface area contributed by atoms with Crippen LogP contribution in [0.5, 0.6) is 0 Å². The summed E-state index contributed by atoms with van der Waals surface area (Å²) in [5, 5.41) is 14.5. The second-order valence-electron chi connectivity index (χ2n) is 7.54. The number of hydrogen-bond donors (Lipinski definition) is 2. The number of methoxy groups -OCH3 is 1. The number of amides is 1. The summed E-state index contributed by atoms with van der Waals surface area (Å²) in [6.07, 6.45) is 2.16. The lowest BCUT2D eigenvalue weighted by atomic mass is 10.1. The summed E-state index contributed by atoms with van der Waals surface area (Å²) in [5.41, 5.74) is 2.50. The summed E-state index contributed by atoms with van der Waals surface area (Å²) in [7, 11) is 3.51. The minimum Gasteiger partial charge on any atom is -0.388 e. The fourth-order valence-electron chi connectivity index (χ4n) is 2.52. The van der Waals surface area contributed by atoms with Gasteiger partial charge in [0.25, 0.3) is 0 Å². The minimum atomic E-state index is 0.0417. The standard InChI is InChI=1S/C15H18N6O2.C5H12O/c1-17-13-8-11(2-3-12(13)9-16)14-18-15(23-19-14)21-6-4-20(10-22)5-7-21;1-5(2,3)6-4/h2-3,8-10,16-17H,4-7H2,1H3;1-4H3. The van der Waals surface area contributed by atoms with Gasteiger partial charge in [0, 0.05) is 63.4 Å². The van der Waals surface area contributed by atoms with E-state index in [1.165, 1.54) is 6.21 Å². The highest BCUT2D eigenvalue weighted by Gasteiger charge is 2.21. The number of nitrogens with one attached hydrogen (secondary N) is 2. The summed E-state index contributed by atoms with van der Waals surface area (Å²) < 4.78 is 10.3. The molecule has 1 fully saturated rings. The number of benzene rings is 1. The van der Waals surface area contributed by atoms with E-state index in [-0.39, 0.29) is 5.60 Å². The summed E-state index contributed by atoms with van der Waals surface area (Å²) in [6.45, 7) is 8.72. The monoisotopic (exact) mass is 402 g/mol. The number of anilines is 2. The number of hydrogen-bond acceptors (Lipinski definition) is 8. The lowest BCUT2D eigenvalue weighted by Crippen LogP contribution is -2.45. The topological polar surface area (TPSA) is 108 Å². The van der Waals surface area contributed by atoms with E-state index in [1.807, 2.05) is 43.9 Å². The van der Waals surface area contributed by atoms with Crippen LogP contribution >= 0.6 is 0 Å². The summed E-state index contributed by atoms with van der Waals surface area (Å²) in [4.78, 5) is 18.9. The van der Waals surface area contributed by atoms with Gasteiger partial charge in [0.05, 0.1) is 5.60 Å². The zero-order valence-corrected chi connectivity index (χ0v) is 17.7. The molecule has 1 aliphatic heterocycles. The molecule has 0 unspecified atom stereocenters. The molecule has 29 heavy (non-hydrogen) atoms. The van der Waals surface area contributed by atoms with E-state index in [9.17, 15) is 4.79 Å². The molecule has 0 bridgehead atoms. The molecule has 1 saturated heterocycles. The highest BCUT2D eigenvalue weighted by molar-refractivity contribution is 5.87. The molecule has 0 spiro atoms. The first-order chi connectivity index (χ1) is 13.8. The summed E-state index contributed by atoms with van der Waals surface area (Å²) in [6, 6.07) is 6.06. The fourth-order valence-corrected chi connectivity index (χ4v) is 2.52. The molecule has 9 nitrogen and oxygen atoms in total. The van der Waals surface area contributed by atoms with Crippen molar-refractivity contribution in [3.05, 3.63) is 23.8 Å². The molecule has 0 saturated carbocycles. The molecule has 9 heteroatoms. The van der Waals surface area contributed by atoms with E-state index >= 15 is 0 Å². The van der Waals surface area contributed by atoms with E-state index in [1.54, 1.807) is 19.1 Å². The Bertz CT molecular complexity index is 807. The van der Waals surface area contributed by atoms with Gasteiger partial charge in [-0.25, -0.2) is 0 Å². The van der Waals surface area contributed by atoms with Crippen LogP contribution < -0.4 is 10.2 Å². The lowest BCUT2D eigenvalue weighted by molar-refractivity contribution is -0.118. The number of carbonyl (C=O) groups excluding carboxylic acids is 1. The van der Waals surface area contributed by atoms with Crippen LogP contribution in [-0.2, 0) is 9.53 Å². The first-order valence-electron chi connectivity index (χ1n) is 9.47. The lowest BCUT2D eigenvalue weighted by Gasteiger charge is -2.30. The van der Waals surface area contributed by atoms with Gasteiger partial charge >= 0.3 is 6.01 Å². The fraction of sp³-hybridized carbons (Fsp3) is 0.500. The molecule has 2 N–H and O–H groups in total. The molecule has 1 aromatic heterocycles. The largest absolute Gasteiger partial charge is 0.388 e. The SMILES string of the molecule is CNc1cc(-c2noc(N3CCN(C=O)CC3)n2)ccc1C=N.COC(C)(C)C. The van der Waals surface area contributed by atoms with Crippen LogP contribution in [0.15, 0.2) is 22.7 Å². The Kier molecular flexibility index (Phi) is 7.72. The van der Waals surface area contributed by atoms with Gasteiger partial charge in [-0.15, -0.1) is 0 Å². The van der Waals surface area contributed by atoms with Gasteiger partial charge in [0.1, 0.15) is 0 Å². The Morgan fingerprint density at radius 2 is 1.90 bits per heavy atom. The molecule has 0 aliphatic carbocycles. The van der Waals surface area contributed by atoms with Crippen molar-refractivity contribution in [2.45, 2.75) is 26.4 Å². The van der Waals surface area contributed by atoms with E-state index < -0.39 is 0 Å². The van der Waals surface area contributed by atoms with E-state index in [0.29, 0.717) is 38.0 Å². The number of ether oxygens (including phenoxy) is 1. The Balaban J connectivity index is 0.000000438. The normalized spacial score (nSPS) is 14.1. The van der Waals surface area contributed by atoms with Crippen LogP contribution in [0.1, 0.15) is 26.3 Å². The number of rotatable bonds is 5. The van der Waals surface area contributed by atoms with Crippen LogP contribution in [-0.4, -0.2) is 73.6 Å². The quantitative estimate of drug-likeness (QED) is 0.584. The Morgan fingerprint density at radius 1 is 1.24 bits per heavy atom. The molecule has 2 heterocycles. The molecule has 3 rings (SSSR count). The third kappa shape index (κ3) is 6.28. The maximum absolute atomic E-state index is 10.7. The van der Waals surface area contributed by atoms with Crippen molar-refractivity contribution < 1.29 is 14.1 Å². The molecule has 2 aromatic rings. The van der Waals surface area contributed by atoms with Crippen LogP contribution in [0.3, 0.4) is 0 Å². The average Bonchev–Trinajstić information content (AvgIpc) is 3.23. The van der Waals surface area contributed by atoms with Crippen LogP contribution in [0.25, 0.3) is 11.4 Å². The maximum Gasteiger partial charge on any atom is 0.324 e. The Labute approximate surface area is 171 Å². The second-order valence-corrected chi connectivity index (χ2v) is 7.54. The molecule has 1 amide bonds. The first kappa shape index (κ1) is 22.4. The van der Waals surface area contributed by atoms with Crippen molar-refractivity contribution in [1.82, 2.24) is 15.0 Å². The number of aromatic nitrogens is 2. The van der Waals surface area contributed by atoms with Crippen molar-refractivity contribution in [3.8, 4) is 11.4 Å². The van der Waals surface area contributed by atoms with Crippen molar-refractivity contribution >= 4 is 24.3 Å². The van der Waals surface area contributed by atoms with Gasteiger partial charge in [-0.05, 0) is 26.8 Å². The van der Waals surface area contributed by atoms with Gasteiger partial charge in [-0.2, -0.15) is 4.98 Å². The molecular weight excluding hydrogens is 372 g/mol. The van der Waals surface area contributed by atoms with Crippen molar-refractivity contribution in [1.29, 1.82) is 5.41 Å². The molecule has 158 valence electrons. The summed E-state index contributed by atoms with van der Waals surface area (Å²) >= 11 is 0. The third-order valence-corrected chi connectivity index (χ3v) is 4.50. The predicted octanol–water partition coefficient (Wildman–Crippen LogP) is 2.49. The van der Waals surface area contributed by atoms with Gasteiger partial charge in [0.2, 0.25) is 12.2 Å². The molecular formula is C20H30N6O3. The number of nitrogens with zero attached hydrogens (tertiary/aromatic N) is 4. The molecule has 0 radical (unpaired) electrons. The average molecular weight is 402 g/mol. The smallest absolute Gasteiger partial charge is 0.324 e. The minimum absolute atomic E-state index is 0.0417. The Morgan fingerprint density at radius 3 is 2.41 bits per heavy atom. The Hall–Kier alpha value is -2.94. The van der Waals surface area contributed by atoms with Crippen LogP contribution in [0.4, 0.5) is 11.7 Å². The predicted molar refractivity (Wildman–Crippen MR) is 114 cm³/mol.